The number of rotatable bonds is 9. The quantitative estimate of drug-likeness (QED) is 0.247. The highest BCUT2D eigenvalue weighted by atomic mass is 16.6. The molecule has 5 rings (SSSR count). The van der Waals surface area contributed by atoms with Gasteiger partial charge in [0.05, 0.1) is 25.6 Å². The number of ether oxygens (including phenoxy) is 3. The number of carbonyl (C=O) groups is 2. The van der Waals surface area contributed by atoms with Crippen LogP contribution >= 0.6 is 0 Å². The van der Waals surface area contributed by atoms with E-state index < -0.39 is 0 Å². The number of cyclic esters (lactones) is 1. The smallest absolute Gasteiger partial charge is 0.411 e. The van der Waals surface area contributed by atoms with E-state index in [1.165, 1.54) is 0 Å². The predicted molar refractivity (Wildman–Crippen MR) is 146 cm³/mol. The summed E-state index contributed by atoms with van der Waals surface area (Å²) in [5.74, 6) is 1.70. The van der Waals surface area contributed by atoms with E-state index >= 15 is 0 Å². The minimum absolute atomic E-state index is 0.161. The highest BCUT2D eigenvalue weighted by molar-refractivity contribution is 5.73. The lowest BCUT2D eigenvalue weighted by Crippen LogP contribution is -2.31. The SMILES string of the molecule is CCOC(=O)Cc1cccc(Oc2ccc(-c3nccn3C)cc2CN2C(=O)O[C@H](c3ccccc3)[C@@H]2C)c1. The van der Waals surface area contributed by atoms with Crippen molar-refractivity contribution in [3.8, 4) is 22.9 Å². The Morgan fingerprint density at radius 3 is 2.62 bits per heavy atom. The molecule has 0 N–H and O–H groups in total. The third-order valence-corrected chi connectivity index (χ3v) is 6.78. The lowest BCUT2D eigenvalue weighted by molar-refractivity contribution is -0.142. The molecule has 0 saturated carbocycles. The zero-order valence-corrected chi connectivity index (χ0v) is 22.2. The van der Waals surface area contributed by atoms with Crippen LogP contribution in [-0.4, -0.2) is 39.2 Å². The van der Waals surface area contributed by atoms with Gasteiger partial charge in [0.1, 0.15) is 23.4 Å². The van der Waals surface area contributed by atoms with Gasteiger partial charge in [-0.3, -0.25) is 9.69 Å². The highest BCUT2D eigenvalue weighted by Crippen LogP contribution is 2.36. The number of benzene rings is 3. The van der Waals surface area contributed by atoms with E-state index in [1.54, 1.807) is 18.0 Å². The average molecular weight is 526 g/mol. The number of esters is 1. The van der Waals surface area contributed by atoms with Crippen molar-refractivity contribution in [2.24, 2.45) is 7.05 Å². The summed E-state index contributed by atoms with van der Waals surface area (Å²) in [5, 5.41) is 0. The fourth-order valence-electron chi connectivity index (χ4n) is 4.80. The summed E-state index contributed by atoms with van der Waals surface area (Å²) in [4.78, 5) is 31.2. The van der Waals surface area contributed by atoms with Crippen LogP contribution in [0.3, 0.4) is 0 Å². The summed E-state index contributed by atoms with van der Waals surface area (Å²) in [6.07, 6.45) is 3.06. The predicted octanol–water partition coefficient (Wildman–Crippen LogP) is 6.07. The van der Waals surface area contributed by atoms with Gasteiger partial charge in [-0.1, -0.05) is 42.5 Å². The maximum Gasteiger partial charge on any atom is 0.411 e. The van der Waals surface area contributed by atoms with Crippen LogP contribution < -0.4 is 4.74 Å². The van der Waals surface area contributed by atoms with E-state index in [0.29, 0.717) is 24.7 Å². The molecule has 0 spiro atoms. The van der Waals surface area contributed by atoms with Crippen molar-refractivity contribution in [3.63, 3.8) is 0 Å². The first-order chi connectivity index (χ1) is 18.9. The average Bonchev–Trinajstić information content (AvgIpc) is 3.48. The largest absolute Gasteiger partial charge is 0.466 e. The van der Waals surface area contributed by atoms with Crippen LogP contribution in [0.5, 0.6) is 11.5 Å². The van der Waals surface area contributed by atoms with Crippen LogP contribution in [0, 0.1) is 0 Å². The minimum Gasteiger partial charge on any atom is -0.466 e. The lowest BCUT2D eigenvalue weighted by Gasteiger charge is -2.23. The normalized spacial score (nSPS) is 16.7. The Bertz CT molecular complexity index is 1470. The topological polar surface area (TPSA) is 82.9 Å². The van der Waals surface area contributed by atoms with Crippen molar-refractivity contribution >= 4 is 12.1 Å². The van der Waals surface area contributed by atoms with Gasteiger partial charge in [-0.25, -0.2) is 9.78 Å². The Morgan fingerprint density at radius 1 is 1.05 bits per heavy atom. The number of imidazole rings is 1. The Labute approximate surface area is 227 Å². The molecule has 1 aliphatic rings. The fraction of sp³-hybridized carbons (Fsp3) is 0.258. The second-order valence-corrected chi connectivity index (χ2v) is 9.50. The summed E-state index contributed by atoms with van der Waals surface area (Å²) in [5.41, 5.74) is 3.46. The second-order valence-electron chi connectivity index (χ2n) is 9.50. The monoisotopic (exact) mass is 525 g/mol. The van der Waals surface area contributed by atoms with Crippen LogP contribution in [0.4, 0.5) is 4.79 Å². The summed E-state index contributed by atoms with van der Waals surface area (Å²) in [7, 11) is 1.94. The van der Waals surface area contributed by atoms with Crippen LogP contribution in [0.25, 0.3) is 11.4 Å². The molecular weight excluding hydrogens is 494 g/mol. The van der Waals surface area contributed by atoms with Gasteiger partial charge in [-0.2, -0.15) is 0 Å². The van der Waals surface area contributed by atoms with Gasteiger partial charge in [0.25, 0.3) is 0 Å². The Morgan fingerprint density at radius 2 is 1.87 bits per heavy atom. The van der Waals surface area contributed by atoms with E-state index in [1.807, 2.05) is 97.5 Å². The lowest BCUT2D eigenvalue weighted by atomic mass is 10.0. The van der Waals surface area contributed by atoms with Crippen molar-refractivity contribution in [2.75, 3.05) is 6.61 Å². The van der Waals surface area contributed by atoms with Gasteiger partial charge in [-0.15, -0.1) is 0 Å². The first-order valence-electron chi connectivity index (χ1n) is 13.0. The van der Waals surface area contributed by atoms with Gasteiger partial charge >= 0.3 is 12.1 Å². The van der Waals surface area contributed by atoms with E-state index in [-0.39, 0.29) is 30.6 Å². The van der Waals surface area contributed by atoms with Gasteiger partial charge in [0.2, 0.25) is 0 Å². The molecule has 1 aliphatic heterocycles. The maximum atomic E-state index is 13.0. The van der Waals surface area contributed by atoms with Gasteiger partial charge in [0, 0.05) is 30.6 Å². The molecule has 4 aromatic rings. The van der Waals surface area contributed by atoms with E-state index in [9.17, 15) is 9.59 Å². The molecule has 1 fully saturated rings. The molecule has 1 amide bonds. The van der Waals surface area contributed by atoms with Crippen LogP contribution in [0.15, 0.2) is 85.2 Å². The summed E-state index contributed by atoms with van der Waals surface area (Å²) in [6.45, 7) is 4.40. The van der Waals surface area contributed by atoms with Crippen LogP contribution in [0.2, 0.25) is 0 Å². The van der Waals surface area contributed by atoms with Gasteiger partial charge in [0.15, 0.2) is 0 Å². The number of carbonyl (C=O) groups excluding carboxylic acids is 2. The van der Waals surface area contributed by atoms with Gasteiger partial charge in [-0.05, 0) is 55.3 Å². The maximum absolute atomic E-state index is 13.0. The molecule has 1 aromatic heterocycles. The number of aryl methyl sites for hydroxylation is 1. The standard InChI is InChI=1S/C31H31N3O5/c1-4-37-28(35)18-22-9-8-12-26(17-22)38-27-14-13-24(30-32-15-16-33(30)3)19-25(27)20-34-21(2)29(39-31(34)36)23-10-6-5-7-11-23/h5-17,19,21,29H,4,18,20H2,1-3H3/t21-,29-/m0/s1. The number of aromatic nitrogens is 2. The second kappa shape index (κ2) is 11.4. The fourth-order valence-corrected chi connectivity index (χ4v) is 4.80. The molecule has 0 aliphatic carbocycles. The van der Waals surface area contributed by atoms with E-state index in [0.717, 1.165) is 28.1 Å². The number of hydrogen-bond acceptors (Lipinski definition) is 6. The van der Waals surface area contributed by atoms with Crippen molar-refractivity contribution in [1.82, 2.24) is 14.5 Å². The Kier molecular flexibility index (Phi) is 7.63. The Hall–Kier alpha value is -4.59. The summed E-state index contributed by atoms with van der Waals surface area (Å²) < 4.78 is 19.1. The molecule has 39 heavy (non-hydrogen) atoms. The zero-order valence-electron chi connectivity index (χ0n) is 22.2. The number of nitrogens with zero attached hydrogens (tertiary/aromatic N) is 3. The molecule has 2 heterocycles. The van der Waals surface area contributed by atoms with E-state index in [2.05, 4.69) is 4.98 Å². The molecule has 8 heteroatoms. The molecule has 1 saturated heterocycles. The molecule has 2 atom stereocenters. The van der Waals surface area contributed by atoms with Gasteiger partial charge < -0.3 is 18.8 Å². The molecule has 3 aromatic carbocycles. The minimum atomic E-state index is -0.374. The first-order valence-corrected chi connectivity index (χ1v) is 13.0. The third-order valence-electron chi connectivity index (χ3n) is 6.78. The van der Waals surface area contributed by atoms with Crippen LogP contribution in [-0.2, 0) is 34.3 Å². The van der Waals surface area contributed by atoms with E-state index in [4.69, 9.17) is 14.2 Å². The first kappa shape index (κ1) is 26.0. The Balaban J connectivity index is 1.45. The molecule has 8 nitrogen and oxygen atoms in total. The molecular formula is C31H31N3O5. The van der Waals surface area contributed by atoms with Crippen molar-refractivity contribution in [2.45, 2.75) is 39.0 Å². The number of hydrogen-bond donors (Lipinski definition) is 0. The summed E-state index contributed by atoms with van der Waals surface area (Å²) in [6, 6.07) is 22.8. The van der Waals surface area contributed by atoms with Crippen molar-refractivity contribution in [1.29, 1.82) is 0 Å². The third kappa shape index (κ3) is 5.80. The summed E-state index contributed by atoms with van der Waals surface area (Å²) >= 11 is 0. The molecule has 0 unspecified atom stereocenters. The number of amides is 1. The molecule has 0 radical (unpaired) electrons. The van der Waals surface area contributed by atoms with Crippen molar-refractivity contribution in [3.05, 3.63) is 102 Å². The zero-order chi connectivity index (χ0) is 27.4. The highest BCUT2D eigenvalue weighted by Gasteiger charge is 2.40. The van der Waals surface area contributed by atoms with Crippen LogP contribution in [0.1, 0.15) is 36.6 Å². The van der Waals surface area contributed by atoms with Crippen molar-refractivity contribution < 1.29 is 23.8 Å². The molecule has 0 bridgehead atoms. The molecule has 200 valence electrons.